The number of nitrogens with zero attached hydrogens (tertiary/aromatic N) is 2. The summed E-state index contributed by atoms with van der Waals surface area (Å²) in [5.41, 5.74) is -0.623. The third-order valence-corrected chi connectivity index (χ3v) is 8.49. The molecule has 0 radical (unpaired) electrons. The van der Waals surface area contributed by atoms with Crippen LogP contribution < -0.4 is 0 Å². The lowest BCUT2D eigenvalue weighted by Gasteiger charge is -2.55. The van der Waals surface area contributed by atoms with Gasteiger partial charge < -0.3 is 18.8 Å². The predicted molar refractivity (Wildman–Crippen MR) is 142 cm³/mol. The molecule has 37 heavy (non-hydrogen) atoms. The van der Waals surface area contributed by atoms with E-state index in [0.29, 0.717) is 13.1 Å². The highest BCUT2D eigenvalue weighted by molar-refractivity contribution is 6.45. The van der Waals surface area contributed by atoms with Gasteiger partial charge in [0, 0.05) is 31.1 Å². The first-order valence-electron chi connectivity index (χ1n) is 13.4. The van der Waals surface area contributed by atoms with Crippen LogP contribution in [0.1, 0.15) is 66.9 Å². The van der Waals surface area contributed by atoms with Gasteiger partial charge in [-0.3, -0.25) is 9.80 Å². The third kappa shape index (κ3) is 5.41. The van der Waals surface area contributed by atoms with Crippen molar-refractivity contribution in [3.63, 3.8) is 0 Å². The van der Waals surface area contributed by atoms with Crippen LogP contribution in [0.25, 0.3) is 0 Å². The van der Waals surface area contributed by atoms with Crippen molar-refractivity contribution in [2.45, 2.75) is 103 Å². The van der Waals surface area contributed by atoms with Crippen LogP contribution in [0.2, 0.25) is 6.32 Å². The fourth-order valence-electron chi connectivity index (χ4n) is 6.03. The van der Waals surface area contributed by atoms with Gasteiger partial charge in [-0.05, 0) is 66.8 Å². The highest BCUT2D eigenvalue weighted by Gasteiger charge is 2.67. The van der Waals surface area contributed by atoms with Crippen LogP contribution in [0.5, 0.6) is 0 Å². The molecule has 1 aromatic rings. The van der Waals surface area contributed by atoms with E-state index in [0.717, 1.165) is 25.7 Å². The number of fused-ring (bicyclic) bond motifs is 1. The second-order valence-electron chi connectivity index (χ2n) is 12.8. The summed E-state index contributed by atoms with van der Waals surface area (Å²) in [4.78, 5) is 30.5. The molecule has 9 heteroatoms. The molecule has 0 aliphatic carbocycles. The van der Waals surface area contributed by atoms with E-state index in [9.17, 15) is 9.59 Å². The molecule has 0 N–H and O–H groups in total. The first-order valence-corrected chi connectivity index (χ1v) is 13.4. The summed E-state index contributed by atoms with van der Waals surface area (Å²) in [5, 5.41) is 0. The van der Waals surface area contributed by atoms with Gasteiger partial charge in [-0.1, -0.05) is 36.8 Å². The van der Waals surface area contributed by atoms with E-state index in [1.54, 1.807) is 4.90 Å². The number of rotatable bonds is 7. The number of carbonyl (C=O) groups is 2. The minimum Gasteiger partial charge on any atom is -0.467 e. The lowest BCUT2D eigenvalue weighted by Crippen LogP contribution is -2.67. The zero-order chi connectivity index (χ0) is 27.2. The summed E-state index contributed by atoms with van der Waals surface area (Å²) in [5.74, 6) is -0.386. The average Bonchev–Trinajstić information content (AvgIpc) is 3.16. The van der Waals surface area contributed by atoms with Crippen molar-refractivity contribution in [3.05, 3.63) is 35.9 Å². The van der Waals surface area contributed by atoms with Crippen molar-refractivity contribution in [2.75, 3.05) is 20.2 Å². The van der Waals surface area contributed by atoms with Gasteiger partial charge in [0.1, 0.15) is 11.6 Å². The Kier molecular flexibility index (Phi) is 7.47. The molecule has 3 atom stereocenters. The van der Waals surface area contributed by atoms with Gasteiger partial charge in [0.25, 0.3) is 0 Å². The van der Waals surface area contributed by atoms with E-state index in [-0.39, 0.29) is 30.3 Å². The molecule has 0 saturated carbocycles. The molecule has 3 fully saturated rings. The number of hydrogen-bond acceptors (Lipinski definition) is 7. The maximum atomic E-state index is 13.3. The van der Waals surface area contributed by atoms with Gasteiger partial charge in [0.05, 0.1) is 18.3 Å². The molecule has 1 aromatic carbocycles. The maximum absolute atomic E-state index is 13.3. The van der Waals surface area contributed by atoms with Gasteiger partial charge in [0.15, 0.2) is 0 Å². The summed E-state index contributed by atoms with van der Waals surface area (Å²) >= 11 is 0. The molecule has 3 heterocycles. The normalized spacial score (nSPS) is 28.5. The van der Waals surface area contributed by atoms with Crippen molar-refractivity contribution in [1.82, 2.24) is 9.80 Å². The quantitative estimate of drug-likeness (QED) is 0.391. The number of carbonyl (C=O) groups excluding carboxylic acids is 2. The number of amides is 1. The van der Waals surface area contributed by atoms with Crippen molar-refractivity contribution in [3.8, 4) is 0 Å². The molecule has 4 rings (SSSR count). The fourth-order valence-corrected chi connectivity index (χ4v) is 6.03. The maximum Gasteiger partial charge on any atom is 0.457 e. The smallest absolute Gasteiger partial charge is 0.457 e. The molecule has 3 saturated heterocycles. The summed E-state index contributed by atoms with van der Waals surface area (Å²) < 4.78 is 23.4. The molecule has 0 aromatic heterocycles. The van der Waals surface area contributed by atoms with Crippen molar-refractivity contribution in [2.24, 2.45) is 5.41 Å². The Bertz CT molecular complexity index is 978. The van der Waals surface area contributed by atoms with Crippen LogP contribution in [-0.4, -0.2) is 78.1 Å². The summed E-state index contributed by atoms with van der Waals surface area (Å²) in [6, 6.07) is 9.63. The Labute approximate surface area is 222 Å². The first-order chi connectivity index (χ1) is 17.2. The zero-order valence-corrected chi connectivity index (χ0v) is 23.7. The lowest BCUT2D eigenvalue weighted by atomic mass is 9.64. The third-order valence-electron chi connectivity index (χ3n) is 8.49. The lowest BCUT2D eigenvalue weighted by molar-refractivity contribution is -0.156. The number of likely N-dealkylation sites (tertiary alicyclic amines) is 2. The number of ether oxygens (including phenoxy) is 2. The van der Waals surface area contributed by atoms with Crippen LogP contribution in [0.15, 0.2) is 30.3 Å². The summed E-state index contributed by atoms with van der Waals surface area (Å²) in [7, 11) is 1.10. The molecular formula is C28H43BN2O6. The van der Waals surface area contributed by atoms with Crippen LogP contribution in [0, 0.1) is 5.41 Å². The van der Waals surface area contributed by atoms with E-state index in [2.05, 4.69) is 44.7 Å². The van der Waals surface area contributed by atoms with Crippen molar-refractivity contribution < 1.29 is 28.4 Å². The van der Waals surface area contributed by atoms with Crippen LogP contribution in [0.4, 0.5) is 4.79 Å². The molecule has 1 amide bonds. The van der Waals surface area contributed by atoms with Crippen molar-refractivity contribution in [1.29, 1.82) is 0 Å². The van der Waals surface area contributed by atoms with Gasteiger partial charge in [-0.25, -0.2) is 9.59 Å². The van der Waals surface area contributed by atoms with E-state index in [4.69, 9.17) is 18.8 Å². The van der Waals surface area contributed by atoms with E-state index in [1.807, 2.05) is 39.0 Å². The highest BCUT2D eigenvalue weighted by atomic mass is 16.7. The van der Waals surface area contributed by atoms with Crippen LogP contribution in [0.3, 0.4) is 0 Å². The average molecular weight is 514 g/mol. The first kappa shape index (κ1) is 27.9. The predicted octanol–water partition coefficient (Wildman–Crippen LogP) is 4.52. The van der Waals surface area contributed by atoms with Gasteiger partial charge in [-0.2, -0.15) is 0 Å². The van der Waals surface area contributed by atoms with E-state index < -0.39 is 23.2 Å². The second kappa shape index (κ2) is 9.90. The molecule has 8 nitrogen and oxygen atoms in total. The Balaban J connectivity index is 1.55. The standard InChI is InChI=1S/C28H43BN2O6/c1-25(2,3)35-24(33)31-18-21-28(22(31)23(32)34-8,19-30(21)17-20-13-10-9-11-14-20)15-12-16-29-36-26(4,5)27(6,7)37-29/h9-11,13-14,21-22H,12,15-19H2,1-8H3/t21-,22+,28-/m0/s1. The molecular weight excluding hydrogens is 471 g/mol. The molecule has 3 aliphatic rings. The number of hydrogen-bond donors (Lipinski definition) is 0. The fraction of sp³-hybridized carbons (Fsp3) is 0.714. The molecule has 3 aliphatic heterocycles. The van der Waals surface area contributed by atoms with Gasteiger partial charge in [0.2, 0.25) is 0 Å². The Morgan fingerprint density at radius 1 is 1.08 bits per heavy atom. The Hall–Kier alpha value is -2.10. The summed E-state index contributed by atoms with van der Waals surface area (Å²) in [6.07, 6.45) is 1.82. The zero-order valence-electron chi connectivity index (χ0n) is 23.7. The highest BCUT2D eigenvalue weighted by Crippen LogP contribution is 2.53. The Morgan fingerprint density at radius 2 is 1.70 bits per heavy atom. The molecule has 0 spiro atoms. The van der Waals surface area contributed by atoms with Gasteiger partial charge >= 0.3 is 19.2 Å². The van der Waals surface area contributed by atoms with Crippen molar-refractivity contribution >= 4 is 19.2 Å². The minimum atomic E-state index is -0.692. The molecule has 204 valence electrons. The van der Waals surface area contributed by atoms with Gasteiger partial charge in [-0.15, -0.1) is 0 Å². The minimum absolute atomic E-state index is 0.0302. The topological polar surface area (TPSA) is 77.5 Å². The molecule has 0 unspecified atom stereocenters. The largest absolute Gasteiger partial charge is 0.467 e. The number of benzene rings is 1. The van der Waals surface area contributed by atoms with Crippen LogP contribution >= 0.6 is 0 Å². The number of esters is 1. The number of methoxy groups -OCH3 is 1. The van der Waals surface area contributed by atoms with E-state index >= 15 is 0 Å². The second-order valence-corrected chi connectivity index (χ2v) is 12.8. The van der Waals surface area contributed by atoms with E-state index in [1.165, 1.54) is 12.7 Å². The SMILES string of the molecule is COC(=O)[C@H]1N(C(=O)OC(C)(C)C)C[C@@H]2N(Cc3ccccc3)C[C@@]21CCCB1OC(C)(C)C(C)(C)O1. The van der Waals surface area contributed by atoms with Crippen LogP contribution in [-0.2, 0) is 30.1 Å². The summed E-state index contributed by atoms with van der Waals surface area (Å²) in [6.45, 7) is 15.6. The molecule has 0 bridgehead atoms. The Morgan fingerprint density at radius 3 is 2.27 bits per heavy atom. The monoisotopic (exact) mass is 514 g/mol.